The molecular formula is C13H20N2. The summed E-state index contributed by atoms with van der Waals surface area (Å²) in [4.78, 5) is 2.49. The summed E-state index contributed by atoms with van der Waals surface area (Å²) in [5.41, 5.74) is 8.67. The van der Waals surface area contributed by atoms with Gasteiger partial charge in [0, 0.05) is 12.6 Å². The molecule has 0 spiro atoms. The van der Waals surface area contributed by atoms with Gasteiger partial charge in [0.05, 0.1) is 0 Å². The third-order valence-electron chi connectivity index (χ3n) is 3.40. The van der Waals surface area contributed by atoms with Crippen LogP contribution in [0.2, 0.25) is 0 Å². The van der Waals surface area contributed by atoms with Crippen LogP contribution in [0.1, 0.15) is 17.5 Å². The highest BCUT2D eigenvalue weighted by molar-refractivity contribution is 5.26. The maximum Gasteiger partial charge on any atom is 0.0258 e. The lowest BCUT2D eigenvalue weighted by molar-refractivity contribution is 0.121. The quantitative estimate of drug-likeness (QED) is 0.806. The lowest BCUT2D eigenvalue weighted by atomic mass is 9.98. The van der Waals surface area contributed by atoms with Crippen LogP contribution < -0.4 is 5.73 Å². The molecule has 0 aliphatic carbocycles. The minimum Gasteiger partial charge on any atom is -0.329 e. The summed E-state index contributed by atoms with van der Waals surface area (Å²) >= 11 is 0. The van der Waals surface area contributed by atoms with E-state index in [0.717, 1.165) is 13.0 Å². The van der Waals surface area contributed by atoms with Gasteiger partial charge in [-0.2, -0.15) is 0 Å². The van der Waals surface area contributed by atoms with Crippen LogP contribution >= 0.6 is 0 Å². The van der Waals surface area contributed by atoms with Crippen molar-refractivity contribution in [2.24, 2.45) is 5.73 Å². The van der Waals surface area contributed by atoms with Crippen LogP contribution in [0.15, 0.2) is 24.3 Å². The summed E-state index contributed by atoms with van der Waals surface area (Å²) in [6, 6.07) is 9.16. The highest BCUT2D eigenvalue weighted by atomic mass is 15.2. The summed E-state index contributed by atoms with van der Waals surface area (Å²) in [7, 11) is 0. The number of benzene rings is 1. The predicted molar refractivity (Wildman–Crippen MR) is 63.9 cm³/mol. The van der Waals surface area contributed by atoms with E-state index >= 15 is 0 Å². The molecule has 0 saturated carbocycles. The number of nitrogens with zero attached hydrogens (tertiary/aromatic N) is 1. The highest BCUT2D eigenvalue weighted by Gasteiger charge is 2.22. The lowest BCUT2D eigenvalue weighted by Crippen LogP contribution is -2.49. The fraction of sp³-hybridized carbons (Fsp3) is 0.538. The second-order valence-electron chi connectivity index (χ2n) is 4.41. The molecule has 1 unspecified atom stereocenters. The van der Waals surface area contributed by atoms with E-state index in [1.807, 2.05) is 0 Å². The zero-order chi connectivity index (χ0) is 10.7. The summed E-state index contributed by atoms with van der Waals surface area (Å²) in [5, 5.41) is 0. The lowest BCUT2D eigenvalue weighted by Gasteiger charge is -2.38. The SMILES string of the molecule is Cc1ccccc1CC(CN)N1CCC1. The molecule has 1 fully saturated rings. The Morgan fingerprint density at radius 3 is 2.60 bits per heavy atom. The number of likely N-dealkylation sites (tertiary alicyclic amines) is 1. The van der Waals surface area contributed by atoms with Gasteiger partial charge in [-0.25, -0.2) is 0 Å². The highest BCUT2D eigenvalue weighted by Crippen LogP contribution is 2.16. The van der Waals surface area contributed by atoms with Gasteiger partial charge in [0.25, 0.3) is 0 Å². The normalized spacial score (nSPS) is 18.5. The molecule has 1 aromatic carbocycles. The standard InChI is InChI=1S/C13H20N2/c1-11-5-2-3-6-12(11)9-13(10-14)15-7-4-8-15/h2-3,5-6,13H,4,7-10,14H2,1H3. The van der Waals surface area contributed by atoms with Gasteiger partial charge in [0.1, 0.15) is 0 Å². The second kappa shape index (κ2) is 4.77. The van der Waals surface area contributed by atoms with Crippen LogP contribution in [0.3, 0.4) is 0 Å². The first-order valence-corrected chi connectivity index (χ1v) is 5.80. The molecule has 1 heterocycles. The second-order valence-corrected chi connectivity index (χ2v) is 4.41. The minimum absolute atomic E-state index is 0.542. The molecule has 1 saturated heterocycles. The molecule has 2 N–H and O–H groups in total. The molecule has 15 heavy (non-hydrogen) atoms. The van der Waals surface area contributed by atoms with Crippen molar-refractivity contribution in [2.45, 2.75) is 25.8 Å². The average Bonchev–Trinajstić information content (AvgIpc) is 2.17. The van der Waals surface area contributed by atoms with Crippen molar-refractivity contribution in [1.29, 1.82) is 0 Å². The van der Waals surface area contributed by atoms with Crippen molar-refractivity contribution in [2.75, 3.05) is 19.6 Å². The Bertz CT molecular complexity index is 318. The smallest absolute Gasteiger partial charge is 0.0258 e. The predicted octanol–water partition coefficient (Wildman–Crippen LogP) is 1.57. The summed E-state index contributed by atoms with van der Waals surface area (Å²) < 4.78 is 0. The number of hydrogen-bond donors (Lipinski definition) is 1. The van der Waals surface area contributed by atoms with Crippen LogP contribution in [0.4, 0.5) is 0 Å². The summed E-state index contributed by atoms with van der Waals surface area (Å²) in [5.74, 6) is 0. The Kier molecular flexibility index (Phi) is 3.39. The first-order chi connectivity index (χ1) is 7.31. The van der Waals surface area contributed by atoms with Crippen molar-refractivity contribution in [3.63, 3.8) is 0 Å². The third-order valence-corrected chi connectivity index (χ3v) is 3.40. The van der Waals surface area contributed by atoms with E-state index in [0.29, 0.717) is 6.04 Å². The molecule has 1 aromatic rings. The van der Waals surface area contributed by atoms with Crippen LogP contribution in [0, 0.1) is 6.92 Å². The zero-order valence-corrected chi connectivity index (χ0v) is 9.45. The topological polar surface area (TPSA) is 29.3 Å². The third kappa shape index (κ3) is 2.39. The van der Waals surface area contributed by atoms with E-state index in [1.54, 1.807) is 0 Å². The van der Waals surface area contributed by atoms with Crippen LogP contribution in [0.25, 0.3) is 0 Å². The van der Waals surface area contributed by atoms with Crippen molar-refractivity contribution < 1.29 is 0 Å². The van der Waals surface area contributed by atoms with E-state index in [-0.39, 0.29) is 0 Å². The molecule has 0 bridgehead atoms. The van der Waals surface area contributed by atoms with Crippen LogP contribution in [-0.2, 0) is 6.42 Å². The van der Waals surface area contributed by atoms with Crippen molar-refractivity contribution in [1.82, 2.24) is 4.90 Å². The Balaban J connectivity index is 2.02. The molecule has 0 aromatic heterocycles. The van der Waals surface area contributed by atoms with Crippen molar-refractivity contribution in [3.8, 4) is 0 Å². The molecule has 2 rings (SSSR count). The molecule has 0 amide bonds. The van der Waals surface area contributed by atoms with Crippen LogP contribution in [0.5, 0.6) is 0 Å². The van der Waals surface area contributed by atoms with Gasteiger partial charge in [-0.15, -0.1) is 0 Å². The van der Waals surface area contributed by atoms with Gasteiger partial charge in [-0.3, -0.25) is 4.90 Å². The Morgan fingerprint density at radius 2 is 2.07 bits per heavy atom. The fourth-order valence-corrected chi connectivity index (χ4v) is 2.16. The molecule has 2 heteroatoms. The molecule has 82 valence electrons. The first-order valence-electron chi connectivity index (χ1n) is 5.80. The molecular weight excluding hydrogens is 184 g/mol. The number of aryl methyl sites for hydroxylation is 1. The van der Waals surface area contributed by atoms with Gasteiger partial charge in [0.2, 0.25) is 0 Å². The monoisotopic (exact) mass is 204 g/mol. The Morgan fingerprint density at radius 1 is 1.33 bits per heavy atom. The Hall–Kier alpha value is -0.860. The largest absolute Gasteiger partial charge is 0.329 e. The number of rotatable bonds is 4. The molecule has 2 nitrogen and oxygen atoms in total. The summed E-state index contributed by atoms with van der Waals surface area (Å²) in [6.45, 7) is 5.41. The molecule has 0 radical (unpaired) electrons. The number of nitrogens with two attached hydrogens (primary N) is 1. The van der Waals surface area contributed by atoms with Crippen LogP contribution in [-0.4, -0.2) is 30.6 Å². The molecule has 1 aliphatic rings. The van der Waals surface area contributed by atoms with E-state index in [9.17, 15) is 0 Å². The minimum atomic E-state index is 0.542. The van der Waals surface area contributed by atoms with Gasteiger partial charge in [-0.05, 0) is 44.0 Å². The zero-order valence-electron chi connectivity index (χ0n) is 9.45. The van der Waals surface area contributed by atoms with E-state index in [1.165, 1.54) is 30.6 Å². The van der Waals surface area contributed by atoms with Crippen molar-refractivity contribution >= 4 is 0 Å². The van der Waals surface area contributed by atoms with Gasteiger partial charge >= 0.3 is 0 Å². The maximum atomic E-state index is 5.84. The van der Waals surface area contributed by atoms with E-state index in [4.69, 9.17) is 5.73 Å². The Labute approximate surface area is 92.1 Å². The maximum absolute atomic E-state index is 5.84. The molecule has 1 atom stereocenters. The van der Waals surface area contributed by atoms with Gasteiger partial charge in [0.15, 0.2) is 0 Å². The average molecular weight is 204 g/mol. The number of hydrogen-bond acceptors (Lipinski definition) is 2. The fourth-order valence-electron chi connectivity index (χ4n) is 2.16. The van der Waals surface area contributed by atoms with Gasteiger partial charge < -0.3 is 5.73 Å². The van der Waals surface area contributed by atoms with E-state index in [2.05, 4.69) is 36.1 Å². The van der Waals surface area contributed by atoms with Crippen molar-refractivity contribution in [3.05, 3.63) is 35.4 Å². The van der Waals surface area contributed by atoms with E-state index < -0.39 is 0 Å². The first kappa shape index (κ1) is 10.7. The van der Waals surface area contributed by atoms with Gasteiger partial charge in [-0.1, -0.05) is 24.3 Å². The molecule has 1 aliphatic heterocycles. The summed E-state index contributed by atoms with van der Waals surface area (Å²) in [6.07, 6.45) is 2.44.